The van der Waals surface area contributed by atoms with Gasteiger partial charge in [-0.15, -0.1) is 0 Å². The van der Waals surface area contributed by atoms with E-state index >= 15 is 0 Å². The Morgan fingerprint density at radius 3 is 3.06 bits per heavy atom. The van der Waals surface area contributed by atoms with Crippen molar-refractivity contribution in [2.24, 2.45) is 0 Å². The lowest BCUT2D eigenvalue weighted by atomic mass is 10.1. The third-order valence-electron chi connectivity index (χ3n) is 2.89. The number of hydrogen-bond donors (Lipinski definition) is 1. The maximum absolute atomic E-state index is 12.9. The molecule has 1 aromatic rings. The summed E-state index contributed by atoms with van der Waals surface area (Å²) in [5, 5.41) is 2.94. The number of rotatable bonds is 4. The first kappa shape index (κ1) is 11.8. The molecular formula is C14H16FNO. The Bertz CT molecular complexity index is 428. The number of hydrogen-bond acceptors (Lipinski definition) is 1. The number of benzene rings is 1. The van der Waals surface area contributed by atoms with Gasteiger partial charge in [-0.05, 0) is 37.0 Å². The summed E-state index contributed by atoms with van der Waals surface area (Å²) >= 11 is 0. The van der Waals surface area contributed by atoms with E-state index in [0.717, 1.165) is 18.4 Å². The second-order valence-corrected chi connectivity index (χ2v) is 4.31. The molecule has 3 heteroatoms. The maximum Gasteiger partial charge on any atom is 0.220 e. The topological polar surface area (TPSA) is 29.1 Å². The van der Waals surface area contributed by atoms with Crippen molar-refractivity contribution in [1.29, 1.82) is 0 Å². The molecule has 0 fully saturated rings. The molecule has 2 nitrogen and oxygen atoms in total. The largest absolute Gasteiger partial charge is 0.350 e. The highest BCUT2D eigenvalue weighted by Crippen LogP contribution is 2.10. The van der Waals surface area contributed by atoms with Gasteiger partial charge in [-0.25, -0.2) is 4.39 Å². The molecule has 17 heavy (non-hydrogen) atoms. The van der Waals surface area contributed by atoms with Crippen LogP contribution in [0.4, 0.5) is 4.39 Å². The zero-order chi connectivity index (χ0) is 12.1. The van der Waals surface area contributed by atoms with E-state index in [1.807, 2.05) is 12.1 Å². The Balaban J connectivity index is 1.77. The lowest BCUT2D eigenvalue weighted by molar-refractivity contribution is -0.121. The van der Waals surface area contributed by atoms with Crippen LogP contribution in [-0.2, 0) is 11.2 Å². The van der Waals surface area contributed by atoms with Crippen LogP contribution in [0.2, 0.25) is 0 Å². The van der Waals surface area contributed by atoms with Gasteiger partial charge in [0.15, 0.2) is 0 Å². The van der Waals surface area contributed by atoms with E-state index in [9.17, 15) is 9.18 Å². The van der Waals surface area contributed by atoms with E-state index in [0.29, 0.717) is 12.8 Å². The number of allylic oxidation sites excluding steroid dienone is 1. The molecule has 2 rings (SSSR count). The molecule has 0 bridgehead atoms. The number of carbonyl (C=O) groups is 1. The van der Waals surface area contributed by atoms with Crippen LogP contribution >= 0.6 is 0 Å². The fraction of sp³-hybridized carbons (Fsp3) is 0.357. The summed E-state index contributed by atoms with van der Waals surface area (Å²) in [7, 11) is 0. The molecular weight excluding hydrogens is 217 g/mol. The van der Waals surface area contributed by atoms with Crippen LogP contribution in [0, 0.1) is 5.82 Å². The molecule has 1 aliphatic carbocycles. The average molecular weight is 233 g/mol. The number of aryl methyl sites for hydroxylation is 1. The first-order chi connectivity index (χ1) is 8.24. The van der Waals surface area contributed by atoms with E-state index in [-0.39, 0.29) is 17.8 Å². The van der Waals surface area contributed by atoms with Gasteiger partial charge in [0.1, 0.15) is 5.82 Å². The highest BCUT2D eigenvalue weighted by Gasteiger charge is 2.11. The molecule has 0 aromatic heterocycles. The summed E-state index contributed by atoms with van der Waals surface area (Å²) in [4.78, 5) is 11.6. The van der Waals surface area contributed by atoms with Crippen molar-refractivity contribution < 1.29 is 9.18 Å². The van der Waals surface area contributed by atoms with Crippen molar-refractivity contribution in [3.63, 3.8) is 0 Å². The van der Waals surface area contributed by atoms with Crippen LogP contribution < -0.4 is 5.32 Å². The van der Waals surface area contributed by atoms with E-state index < -0.39 is 0 Å². The average Bonchev–Trinajstić information content (AvgIpc) is 2.79. The SMILES string of the molecule is O=C(CCc1cccc(F)c1)NC1C=CCC1. The predicted molar refractivity (Wildman–Crippen MR) is 65.0 cm³/mol. The predicted octanol–water partition coefficient (Wildman–Crippen LogP) is 2.59. The first-order valence-electron chi connectivity index (χ1n) is 5.94. The quantitative estimate of drug-likeness (QED) is 0.796. The van der Waals surface area contributed by atoms with Crippen molar-refractivity contribution in [2.75, 3.05) is 0 Å². The number of nitrogens with one attached hydrogen (secondary N) is 1. The molecule has 0 saturated carbocycles. The lowest BCUT2D eigenvalue weighted by Crippen LogP contribution is -2.32. The second-order valence-electron chi connectivity index (χ2n) is 4.31. The van der Waals surface area contributed by atoms with Gasteiger partial charge in [0.05, 0.1) is 0 Å². The van der Waals surface area contributed by atoms with E-state index in [1.54, 1.807) is 6.07 Å². The Morgan fingerprint density at radius 2 is 2.35 bits per heavy atom. The molecule has 1 aromatic carbocycles. The third kappa shape index (κ3) is 3.70. The highest BCUT2D eigenvalue weighted by atomic mass is 19.1. The molecule has 1 atom stereocenters. The summed E-state index contributed by atoms with van der Waals surface area (Å²) in [6.45, 7) is 0. The normalized spacial score (nSPS) is 18.3. The van der Waals surface area contributed by atoms with E-state index in [2.05, 4.69) is 11.4 Å². The highest BCUT2D eigenvalue weighted by molar-refractivity contribution is 5.76. The van der Waals surface area contributed by atoms with Crippen LogP contribution in [0.5, 0.6) is 0 Å². The molecule has 0 spiro atoms. The van der Waals surface area contributed by atoms with Gasteiger partial charge >= 0.3 is 0 Å². The van der Waals surface area contributed by atoms with Crippen molar-refractivity contribution in [1.82, 2.24) is 5.32 Å². The summed E-state index contributed by atoms with van der Waals surface area (Å²) in [5.41, 5.74) is 0.863. The minimum Gasteiger partial charge on any atom is -0.350 e. The van der Waals surface area contributed by atoms with Gasteiger partial charge in [0.25, 0.3) is 0 Å². The van der Waals surface area contributed by atoms with Gasteiger partial charge in [0.2, 0.25) is 5.91 Å². The van der Waals surface area contributed by atoms with Gasteiger partial charge in [-0.3, -0.25) is 4.79 Å². The van der Waals surface area contributed by atoms with Crippen LogP contribution in [0.3, 0.4) is 0 Å². The van der Waals surface area contributed by atoms with Crippen LogP contribution in [0.25, 0.3) is 0 Å². The van der Waals surface area contributed by atoms with Crippen molar-refractivity contribution >= 4 is 5.91 Å². The van der Waals surface area contributed by atoms with Gasteiger partial charge in [-0.2, -0.15) is 0 Å². The lowest BCUT2D eigenvalue weighted by Gasteiger charge is -2.10. The van der Waals surface area contributed by atoms with Gasteiger partial charge in [0, 0.05) is 12.5 Å². The zero-order valence-electron chi connectivity index (χ0n) is 9.66. The van der Waals surface area contributed by atoms with Crippen molar-refractivity contribution in [2.45, 2.75) is 31.7 Å². The molecule has 1 amide bonds. The second kappa shape index (κ2) is 5.62. The molecule has 1 unspecified atom stereocenters. The van der Waals surface area contributed by atoms with Gasteiger partial charge < -0.3 is 5.32 Å². The standard InChI is InChI=1S/C14H16FNO/c15-12-5-3-4-11(10-12)8-9-14(17)16-13-6-1-2-7-13/h1,3-6,10,13H,2,7-9H2,(H,16,17). The Morgan fingerprint density at radius 1 is 1.47 bits per heavy atom. The number of amides is 1. The van der Waals surface area contributed by atoms with Crippen molar-refractivity contribution in [3.8, 4) is 0 Å². The summed E-state index contributed by atoms with van der Waals surface area (Å²) < 4.78 is 12.9. The van der Waals surface area contributed by atoms with E-state index in [4.69, 9.17) is 0 Å². The smallest absolute Gasteiger partial charge is 0.220 e. The Kier molecular flexibility index (Phi) is 3.91. The maximum atomic E-state index is 12.9. The zero-order valence-corrected chi connectivity index (χ0v) is 9.66. The summed E-state index contributed by atoms with van der Waals surface area (Å²) in [6.07, 6.45) is 7.13. The third-order valence-corrected chi connectivity index (χ3v) is 2.89. The molecule has 0 heterocycles. The van der Waals surface area contributed by atoms with Crippen LogP contribution in [0.15, 0.2) is 36.4 Å². The number of carbonyl (C=O) groups excluding carboxylic acids is 1. The molecule has 0 saturated heterocycles. The minimum absolute atomic E-state index is 0.0332. The molecule has 1 N–H and O–H groups in total. The molecule has 0 radical (unpaired) electrons. The van der Waals surface area contributed by atoms with Crippen LogP contribution in [0.1, 0.15) is 24.8 Å². The minimum atomic E-state index is -0.248. The Labute approximate surface area is 101 Å². The molecule has 1 aliphatic rings. The van der Waals surface area contributed by atoms with Crippen molar-refractivity contribution in [3.05, 3.63) is 47.8 Å². The van der Waals surface area contributed by atoms with Gasteiger partial charge in [-0.1, -0.05) is 24.3 Å². The van der Waals surface area contributed by atoms with E-state index in [1.165, 1.54) is 12.1 Å². The van der Waals surface area contributed by atoms with Crippen LogP contribution in [-0.4, -0.2) is 11.9 Å². The summed E-state index contributed by atoms with van der Waals surface area (Å²) in [5.74, 6) is -0.215. The Hall–Kier alpha value is -1.64. The monoisotopic (exact) mass is 233 g/mol. The number of halogens is 1. The first-order valence-corrected chi connectivity index (χ1v) is 5.94. The fourth-order valence-corrected chi connectivity index (χ4v) is 1.98. The summed E-state index contributed by atoms with van der Waals surface area (Å²) in [6, 6.07) is 6.58. The fourth-order valence-electron chi connectivity index (χ4n) is 1.98. The molecule has 0 aliphatic heterocycles. The molecule has 90 valence electrons.